The first-order valence-electron chi connectivity index (χ1n) is 8.89. The first-order chi connectivity index (χ1) is 12.6. The van der Waals surface area contributed by atoms with Crippen molar-refractivity contribution in [2.45, 2.75) is 45.7 Å². The summed E-state index contributed by atoms with van der Waals surface area (Å²) in [5, 5.41) is 5.14. The number of para-hydroxylation sites is 2. The van der Waals surface area contributed by atoms with Gasteiger partial charge in [0, 0.05) is 17.8 Å². The third-order valence-electron chi connectivity index (χ3n) is 4.38. The first-order valence-corrected chi connectivity index (χ1v) is 9.77. The number of carbonyl (C=O) groups is 1. The molecule has 1 N–H and O–H groups in total. The summed E-state index contributed by atoms with van der Waals surface area (Å²) in [5.74, 6) is -0.0395. The Morgan fingerprint density at radius 3 is 2.81 bits per heavy atom. The van der Waals surface area contributed by atoms with Crippen LogP contribution in [0.15, 0.2) is 46.6 Å². The maximum Gasteiger partial charge on any atom is 0.272 e. The molecule has 0 unspecified atom stereocenters. The predicted octanol–water partition coefficient (Wildman–Crippen LogP) is 3.81. The second-order valence-corrected chi connectivity index (χ2v) is 7.30. The Balaban J connectivity index is 1.74. The lowest BCUT2D eigenvalue weighted by Crippen LogP contribution is -2.31. The van der Waals surface area contributed by atoms with Crippen molar-refractivity contribution in [3.05, 3.63) is 62.7 Å². The highest BCUT2D eigenvalue weighted by atomic mass is 32.1. The average Bonchev–Trinajstić information content (AvgIpc) is 3.16. The molecular formula is C20H23N3O2S. The molecule has 0 saturated heterocycles. The summed E-state index contributed by atoms with van der Waals surface area (Å²) in [4.78, 5) is 30.5. The Kier molecular flexibility index (Phi) is 5.83. The maximum atomic E-state index is 12.5. The number of hydrogen-bond acceptors (Lipinski definition) is 4. The minimum Gasteiger partial charge on any atom is -0.348 e. The van der Waals surface area contributed by atoms with Gasteiger partial charge >= 0.3 is 0 Å². The van der Waals surface area contributed by atoms with E-state index in [0.29, 0.717) is 12.2 Å². The number of rotatable bonds is 7. The second kappa shape index (κ2) is 8.27. The minimum atomic E-state index is -0.139. The van der Waals surface area contributed by atoms with Gasteiger partial charge in [0.1, 0.15) is 5.69 Å². The van der Waals surface area contributed by atoms with Crippen molar-refractivity contribution in [3.63, 3.8) is 0 Å². The van der Waals surface area contributed by atoms with Gasteiger partial charge in [-0.1, -0.05) is 31.5 Å². The molecule has 6 heteroatoms. The van der Waals surface area contributed by atoms with Crippen LogP contribution in [0.25, 0.3) is 11.0 Å². The van der Waals surface area contributed by atoms with E-state index in [2.05, 4.69) is 23.3 Å². The molecule has 0 radical (unpaired) electrons. The molecule has 3 aromatic rings. The lowest BCUT2D eigenvalue weighted by atomic mass is 10.1. The van der Waals surface area contributed by atoms with Gasteiger partial charge in [-0.15, -0.1) is 11.3 Å². The van der Waals surface area contributed by atoms with E-state index in [9.17, 15) is 9.59 Å². The quantitative estimate of drug-likeness (QED) is 0.689. The van der Waals surface area contributed by atoms with Gasteiger partial charge in [0.25, 0.3) is 5.56 Å². The summed E-state index contributed by atoms with van der Waals surface area (Å²) in [6, 6.07) is 11.6. The van der Waals surface area contributed by atoms with Gasteiger partial charge in [-0.25, -0.2) is 4.98 Å². The third-order valence-corrected chi connectivity index (χ3v) is 5.36. The number of nitrogens with one attached hydrogen (secondary N) is 1. The van der Waals surface area contributed by atoms with Crippen molar-refractivity contribution < 1.29 is 4.79 Å². The number of thiophene rings is 1. The average molecular weight is 369 g/mol. The Labute approximate surface area is 156 Å². The van der Waals surface area contributed by atoms with Crippen LogP contribution in [0.2, 0.25) is 0 Å². The normalized spacial score (nSPS) is 12.2. The van der Waals surface area contributed by atoms with Crippen LogP contribution in [-0.4, -0.2) is 15.5 Å². The van der Waals surface area contributed by atoms with Gasteiger partial charge in [0.2, 0.25) is 5.91 Å². The molecule has 2 heterocycles. The Morgan fingerprint density at radius 1 is 1.27 bits per heavy atom. The van der Waals surface area contributed by atoms with Crippen LogP contribution >= 0.6 is 11.3 Å². The Morgan fingerprint density at radius 2 is 2.08 bits per heavy atom. The molecule has 0 aliphatic carbocycles. The number of aryl methyl sites for hydroxylation is 2. The highest BCUT2D eigenvalue weighted by Crippen LogP contribution is 2.23. The summed E-state index contributed by atoms with van der Waals surface area (Å²) in [7, 11) is 0. The fraction of sp³-hybridized carbons (Fsp3) is 0.350. The highest BCUT2D eigenvalue weighted by molar-refractivity contribution is 7.10. The molecule has 3 rings (SSSR count). The Hall–Kier alpha value is -2.47. The van der Waals surface area contributed by atoms with E-state index in [1.54, 1.807) is 22.8 Å². The van der Waals surface area contributed by atoms with Crippen LogP contribution in [0.3, 0.4) is 0 Å². The van der Waals surface area contributed by atoms with Crippen molar-refractivity contribution in [1.82, 2.24) is 14.9 Å². The smallest absolute Gasteiger partial charge is 0.272 e. The molecule has 136 valence electrons. The van der Waals surface area contributed by atoms with E-state index in [-0.39, 0.29) is 23.9 Å². The summed E-state index contributed by atoms with van der Waals surface area (Å²) in [5.41, 5.74) is 1.85. The fourth-order valence-corrected chi connectivity index (χ4v) is 3.90. The number of fused-ring (bicyclic) bond motifs is 1. The molecule has 2 aromatic heterocycles. The molecule has 1 amide bonds. The number of nitrogens with zero attached hydrogens (tertiary/aromatic N) is 2. The summed E-state index contributed by atoms with van der Waals surface area (Å²) >= 11 is 1.66. The molecule has 1 atom stereocenters. The second-order valence-electron chi connectivity index (χ2n) is 6.32. The van der Waals surface area contributed by atoms with Gasteiger partial charge in [-0.2, -0.15) is 0 Å². The molecular weight excluding hydrogens is 346 g/mol. The van der Waals surface area contributed by atoms with Gasteiger partial charge in [-0.05, 0) is 36.9 Å². The van der Waals surface area contributed by atoms with Gasteiger partial charge in [-0.3, -0.25) is 9.59 Å². The SMILES string of the molecule is CCC[C@@H](NC(=O)CCn1c(=O)c(C)nc2ccccc21)c1cccs1. The molecule has 0 saturated carbocycles. The summed E-state index contributed by atoms with van der Waals surface area (Å²) in [6.45, 7) is 4.16. The van der Waals surface area contributed by atoms with Crippen LogP contribution < -0.4 is 10.9 Å². The summed E-state index contributed by atoms with van der Waals surface area (Å²) in [6.07, 6.45) is 2.17. The van der Waals surface area contributed by atoms with Crippen molar-refractivity contribution in [3.8, 4) is 0 Å². The molecule has 0 aliphatic heterocycles. The fourth-order valence-electron chi connectivity index (χ4n) is 3.09. The Bertz CT molecular complexity index is 947. The largest absolute Gasteiger partial charge is 0.348 e. The number of benzene rings is 1. The van der Waals surface area contributed by atoms with Crippen molar-refractivity contribution >= 4 is 28.3 Å². The van der Waals surface area contributed by atoms with Gasteiger partial charge in [0.05, 0.1) is 17.1 Å². The van der Waals surface area contributed by atoms with Crippen molar-refractivity contribution in [2.75, 3.05) is 0 Å². The van der Waals surface area contributed by atoms with E-state index < -0.39 is 0 Å². The summed E-state index contributed by atoms with van der Waals surface area (Å²) < 4.78 is 1.65. The zero-order chi connectivity index (χ0) is 18.5. The lowest BCUT2D eigenvalue weighted by molar-refractivity contribution is -0.122. The molecule has 1 aromatic carbocycles. The van der Waals surface area contributed by atoms with Gasteiger partial charge in [0.15, 0.2) is 0 Å². The van der Waals surface area contributed by atoms with Crippen molar-refractivity contribution in [2.24, 2.45) is 0 Å². The van der Waals surface area contributed by atoms with Gasteiger partial charge < -0.3 is 9.88 Å². The molecule has 0 spiro atoms. The zero-order valence-electron chi connectivity index (χ0n) is 15.1. The monoisotopic (exact) mass is 369 g/mol. The lowest BCUT2D eigenvalue weighted by Gasteiger charge is -2.17. The van der Waals surface area contributed by atoms with Crippen LogP contribution in [0, 0.1) is 6.92 Å². The van der Waals surface area contributed by atoms with Crippen molar-refractivity contribution in [1.29, 1.82) is 0 Å². The molecule has 26 heavy (non-hydrogen) atoms. The first kappa shape index (κ1) is 18.3. The number of amides is 1. The topological polar surface area (TPSA) is 64.0 Å². The standard InChI is InChI=1S/C20H23N3O2S/c1-3-7-16(18-10-6-13-26-18)22-19(24)11-12-23-17-9-5-4-8-15(17)21-14(2)20(23)25/h4-6,8-10,13,16H,3,7,11-12H2,1-2H3,(H,22,24)/t16-/m1/s1. The molecule has 0 aliphatic rings. The minimum absolute atomic E-state index is 0.0395. The maximum absolute atomic E-state index is 12.5. The van der Waals surface area contributed by atoms with E-state index in [1.165, 1.54) is 4.88 Å². The van der Waals surface area contributed by atoms with Crippen LogP contribution in [0.4, 0.5) is 0 Å². The molecule has 0 fully saturated rings. The molecule has 0 bridgehead atoms. The van der Waals surface area contributed by atoms with Crippen LogP contribution in [0.5, 0.6) is 0 Å². The van der Waals surface area contributed by atoms with Crippen LogP contribution in [0.1, 0.15) is 42.8 Å². The predicted molar refractivity (Wildman–Crippen MR) is 105 cm³/mol. The van der Waals surface area contributed by atoms with Crippen LogP contribution in [-0.2, 0) is 11.3 Å². The van der Waals surface area contributed by atoms with E-state index >= 15 is 0 Å². The van der Waals surface area contributed by atoms with E-state index in [4.69, 9.17) is 0 Å². The van der Waals surface area contributed by atoms with E-state index in [0.717, 1.165) is 23.9 Å². The number of carbonyl (C=O) groups excluding carboxylic acids is 1. The zero-order valence-corrected chi connectivity index (χ0v) is 15.9. The molecule has 5 nitrogen and oxygen atoms in total. The third kappa shape index (κ3) is 4.02. The number of aromatic nitrogens is 2. The van der Waals surface area contributed by atoms with E-state index in [1.807, 2.05) is 35.7 Å². The highest BCUT2D eigenvalue weighted by Gasteiger charge is 2.15. The number of hydrogen-bond donors (Lipinski definition) is 1.